The van der Waals surface area contributed by atoms with Crippen LogP contribution in [0.5, 0.6) is 0 Å². The Morgan fingerprint density at radius 3 is 2.64 bits per heavy atom. The highest BCUT2D eigenvalue weighted by Gasteiger charge is 2.13. The predicted molar refractivity (Wildman–Crippen MR) is 111 cm³/mol. The number of hydrogen-bond acceptors (Lipinski definition) is 5. The highest BCUT2D eigenvalue weighted by molar-refractivity contribution is 7.99. The molecule has 1 amide bonds. The largest absolute Gasteiger partial charge is 0.465 e. The molecule has 0 fully saturated rings. The minimum atomic E-state index is -0.439. The summed E-state index contributed by atoms with van der Waals surface area (Å²) in [5.41, 5.74) is 3.93. The highest BCUT2D eigenvalue weighted by atomic mass is 32.2. The van der Waals surface area contributed by atoms with Gasteiger partial charge >= 0.3 is 5.97 Å². The number of methoxy groups -OCH3 is 1. The van der Waals surface area contributed by atoms with E-state index in [-0.39, 0.29) is 11.7 Å². The van der Waals surface area contributed by atoms with Gasteiger partial charge in [0, 0.05) is 12.7 Å². The zero-order chi connectivity index (χ0) is 20.1. The molecular formula is C21H21N3O3S. The van der Waals surface area contributed by atoms with Crippen molar-refractivity contribution in [3.05, 3.63) is 65.9 Å². The molecule has 0 atom stereocenters. The smallest absolute Gasteiger partial charge is 0.337 e. The molecular weight excluding hydrogens is 374 g/mol. The van der Waals surface area contributed by atoms with Gasteiger partial charge in [0.05, 0.1) is 30.3 Å². The van der Waals surface area contributed by atoms with E-state index in [4.69, 9.17) is 4.74 Å². The number of nitrogens with zero attached hydrogens (tertiary/aromatic N) is 2. The van der Waals surface area contributed by atoms with Gasteiger partial charge < -0.3 is 14.6 Å². The number of esters is 1. The van der Waals surface area contributed by atoms with Crippen molar-refractivity contribution < 1.29 is 14.3 Å². The number of imidazole rings is 1. The molecule has 0 spiro atoms. The maximum absolute atomic E-state index is 12.4. The van der Waals surface area contributed by atoms with Gasteiger partial charge in [-0.2, -0.15) is 0 Å². The van der Waals surface area contributed by atoms with Crippen LogP contribution < -0.4 is 5.32 Å². The number of carbonyl (C=O) groups is 2. The minimum absolute atomic E-state index is 0.167. The minimum Gasteiger partial charge on any atom is -0.465 e. The maximum atomic E-state index is 12.4. The molecule has 7 heteroatoms. The number of hydrogen-bond donors (Lipinski definition) is 1. The molecule has 0 radical (unpaired) electrons. The SMILES string of the molecule is COC(=O)c1ccc(C)c(NC(=O)CSc2ncc(-c3ccccc3)n2C)c1. The Bertz CT molecular complexity index is 999. The first-order valence-corrected chi connectivity index (χ1v) is 9.67. The van der Waals surface area contributed by atoms with Gasteiger partial charge in [0.25, 0.3) is 0 Å². The van der Waals surface area contributed by atoms with Gasteiger partial charge in [-0.25, -0.2) is 9.78 Å². The van der Waals surface area contributed by atoms with Gasteiger partial charge in [-0.1, -0.05) is 48.2 Å². The van der Waals surface area contributed by atoms with Crippen molar-refractivity contribution in [1.29, 1.82) is 0 Å². The molecule has 1 heterocycles. The lowest BCUT2D eigenvalue weighted by atomic mass is 10.1. The Labute approximate surface area is 167 Å². The molecule has 0 aliphatic carbocycles. The number of anilines is 1. The van der Waals surface area contributed by atoms with Gasteiger partial charge in [-0.15, -0.1) is 0 Å². The summed E-state index contributed by atoms with van der Waals surface area (Å²) in [4.78, 5) is 28.5. The molecule has 0 aliphatic heterocycles. The lowest BCUT2D eigenvalue weighted by Gasteiger charge is -2.10. The summed E-state index contributed by atoms with van der Waals surface area (Å²) in [5, 5.41) is 3.61. The number of rotatable bonds is 6. The second kappa shape index (κ2) is 8.75. The Balaban J connectivity index is 1.66. The summed E-state index contributed by atoms with van der Waals surface area (Å²) in [6.07, 6.45) is 1.81. The van der Waals surface area contributed by atoms with Crippen LogP contribution in [0.15, 0.2) is 59.9 Å². The molecule has 1 N–H and O–H groups in total. The molecule has 6 nitrogen and oxygen atoms in total. The molecule has 0 aliphatic rings. The van der Waals surface area contributed by atoms with Gasteiger partial charge in [0.2, 0.25) is 5.91 Å². The van der Waals surface area contributed by atoms with E-state index in [0.29, 0.717) is 11.3 Å². The topological polar surface area (TPSA) is 73.2 Å². The van der Waals surface area contributed by atoms with Gasteiger partial charge in [0.15, 0.2) is 5.16 Å². The van der Waals surface area contributed by atoms with E-state index in [2.05, 4.69) is 10.3 Å². The van der Waals surface area contributed by atoms with E-state index < -0.39 is 5.97 Å². The molecule has 0 saturated carbocycles. The van der Waals surface area contributed by atoms with E-state index >= 15 is 0 Å². The summed E-state index contributed by atoms with van der Waals surface area (Å²) >= 11 is 1.36. The second-order valence-corrected chi connectivity index (χ2v) is 7.15. The van der Waals surface area contributed by atoms with Crippen LogP contribution in [0, 0.1) is 6.92 Å². The van der Waals surface area contributed by atoms with Crippen LogP contribution >= 0.6 is 11.8 Å². The average Bonchev–Trinajstić information content (AvgIpc) is 3.08. The third-order valence-corrected chi connectivity index (χ3v) is 5.32. The summed E-state index contributed by atoms with van der Waals surface area (Å²) in [6, 6.07) is 15.0. The molecule has 144 valence electrons. The number of benzene rings is 2. The predicted octanol–water partition coefficient (Wildman–Crippen LogP) is 3.91. The van der Waals surface area contributed by atoms with Crippen molar-refractivity contribution >= 4 is 29.3 Å². The fourth-order valence-corrected chi connectivity index (χ4v) is 3.47. The molecule has 0 bridgehead atoms. The lowest BCUT2D eigenvalue weighted by Crippen LogP contribution is -2.16. The highest BCUT2D eigenvalue weighted by Crippen LogP contribution is 2.25. The van der Waals surface area contributed by atoms with Crippen molar-refractivity contribution in [2.24, 2.45) is 7.05 Å². The Morgan fingerprint density at radius 2 is 1.93 bits per heavy atom. The standard InChI is InChI=1S/C21H21N3O3S/c1-14-9-10-16(20(26)27-3)11-17(14)23-19(25)13-28-21-22-12-18(24(21)2)15-7-5-4-6-8-15/h4-12H,13H2,1-3H3,(H,23,25). The third-order valence-electron chi connectivity index (χ3n) is 4.28. The van der Waals surface area contributed by atoms with Crippen molar-refractivity contribution in [2.45, 2.75) is 12.1 Å². The fourth-order valence-electron chi connectivity index (χ4n) is 2.72. The Hall–Kier alpha value is -3.06. The van der Waals surface area contributed by atoms with Gasteiger partial charge in [-0.05, 0) is 30.2 Å². The molecule has 2 aromatic carbocycles. The maximum Gasteiger partial charge on any atom is 0.337 e. The molecule has 28 heavy (non-hydrogen) atoms. The summed E-state index contributed by atoms with van der Waals surface area (Å²) in [5.74, 6) is -0.397. The zero-order valence-corrected chi connectivity index (χ0v) is 16.7. The summed E-state index contributed by atoms with van der Waals surface area (Å²) < 4.78 is 6.70. The van der Waals surface area contributed by atoms with Gasteiger partial charge in [-0.3, -0.25) is 4.79 Å². The van der Waals surface area contributed by atoms with E-state index in [0.717, 1.165) is 22.0 Å². The van der Waals surface area contributed by atoms with E-state index in [1.807, 2.05) is 48.9 Å². The monoisotopic (exact) mass is 395 g/mol. The average molecular weight is 395 g/mol. The van der Waals surface area contributed by atoms with Crippen molar-refractivity contribution in [3.63, 3.8) is 0 Å². The first-order chi connectivity index (χ1) is 13.5. The lowest BCUT2D eigenvalue weighted by molar-refractivity contribution is -0.113. The first kappa shape index (κ1) is 19.7. The van der Waals surface area contributed by atoms with Crippen LogP contribution in [0.3, 0.4) is 0 Å². The van der Waals surface area contributed by atoms with Crippen LogP contribution in [-0.4, -0.2) is 34.3 Å². The molecule has 0 unspecified atom stereocenters. The number of aryl methyl sites for hydroxylation is 1. The van der Waals surface area contributed by atoms with Crippen LogP contribution in [0.4, 0.5) is 5.69 Å². The zero-order valence-electron chi connectivity index (χ0n) is 15.9. The quantitative estimate of drug-likeness (QED) is 0.506. The summed E-state index contributed by atoms with van der Waals surface area (Å²) in [6.45, 7) is 1.87. The van der Waals surface area contributed by atoms with Gasteiger partial charge in [0.1, 0.15) is 0 Å². The number of carbonyl (C=O) groups excluding carboxylic acids is 2. The normalized spacial score (nSPS) is 10.5. The number of thioether (sulfide) groups is 1. The molecule has 0 saturated heterocycles. The Morgan fingerprint density at radius 1 is 1.18 bits per heavy atom. The van der Waals surface area contributed by atoms with Crippen molar-refractivity contribution in [1.82, 2.24) is 9.55 Å². The number of ether oxygens (including phenoxy) is 1. The number of amides is 1. The van der Waals surface area contributed by atoms with Crippen molar-refractivity contribution in [2.75, 3.05) is 18.2 Å². The van der Waals surface area contributed by atoms with Crippen LogP contribution in [0.25, 0.3) is 11.3 Å². The molecule has 3 aromatic rings. The van der Waals surface area contributed by atoms with Crippen LogP contribution in [0.2, 0.25) is 0 Å². The fraction of sp³-hybridized carbons (Fsp3) is 0.190. The molecule has 1 aromatic heterocycles. The Kier molecular flexibility index (Phi) is 6.16. The number of nitrogens with one attached hydrogen (secondary N) is 1. The van der Waals surface area contributed by atoms with Crippen LogP contribution in [-0.2, 0) is 16.6 Å². The van der Waals surface area contributed by atoms with E-state index in [1.165, 1.54) is 18.9 Å². The van der Waals surface area contributed by atoms with Crippen LogP contribution in [0.1, 0.15) is 15.9 Å². The molecule has 3 rings (SSSR count). The van der Waals surface area contributed by atoms with E-state index in [1.54, 1.807) is 24.4 Å². The third kappa shape index (κ3) is 4.43. The second-order valence-electron chi connectivity index (χ2n) is 6.21. The summed E-state index contributed by atoms with van der Waals surface area (Å²) in [7, 11) is 3.26. The first-order valence-electron chi connectivity index (χ1n) is 8.68. The number of aromatic nitrogens is 2. The van der Waals surface area contributed by atoms with E-state index in [9.17, 15) is 9.59 Å². The van der Waals surface area contributed by atoms with Crippen molar-refractivity contribution in [3.8, 4) is 11.3 Å².